The van der Waals surface area contributed by atoms with Crippen LogP contribution in [0.1, 0.15) is 53.3 Å². The molecule has 33 heavy (non-hydrogen) atoms. The molecule has 0 aromatic heterocycles. The lowest BCUT2D eigenvalue weighted by Gasteiger charge is -2.26. The van der Waals surface area contributed by atoms with Crippen molar-refractivity contribution < 1.29 is 52.7 Å². The van der Waals surface area contributed by atoms with Gasteiger partial charge in [0.15, 0.2) is 0 Å². The summed E-state index contributed by atoms with van der Waals surface area (Å²) in [7, 11) is 0. The number of hydrogen-bond donors (Lipinski definition) is 1. The van der Waals surface area contributed by atoms with Gasteiger partial charge in [0.2, 0.25) is 0 Å². The van der Waals surface area contributed by atoms with E-state index in [1.807, 2.05) is 0 Å². The summed E-state index contributed by atoms with van der Waals surface area (Å²) in [5, 5.41) is 2.46. The lowest BCUT2D eigenvalue weighted by Crippen LogP contribution is -2.30. The standard InChI is InChI=1S/C20H15F12N/c1-9(2)33-16(10-3-12(17(21,22)23)7-13(4-10)18(24,25)26)11-5-14(19(27,28)29)8-15(6-11)20(30,31)32/h3-9,16,33H,1-2H3. The Bertz CT molecular complexity index is 840. The second-order valence-electron chi connectivity index (χ2n) is 7.43. The van der Waals surface area contributed by atoms with E-state index in [9.17, 15) is 52.7 Å². The van der Waals surface area contributed by atoms with Gasteiger partial charge in [-0.05, 0) is 61.4 Å². The first-order valence-corrected chi connectivity index (χ1v) is 9.04. The third-order valence-electron chi connectivity index (χ3n) is 4.39. The van der Waals surface area contributed by atoms with Gasteiger partial charge in [-0.3, -0.25) is 0 Å². The van der Waals surface area contributed by atoms with E-state index >= 15 is 0 Å². The third kappa shape index (κ3) is 6.78. The molecule has 2 rings (SSSR count). The van der Waals surface area contributed by atoms with Gasteiger partial charge < -0.3 is 5.32 Å². The monoisotopic (exact) mass is 497 g/mol. The summed E-state index contributed by atoms with van der Waals surface area (Å²) in [4.78, 5) is 0. The van der Waals surface area contributed by atoms with Gasteiger partial charge in [-0.2, -0.15) is 52.7 Å². The number of benzene rings is 2. The van der Waals surface area contributed by atoms with Crippen LogP contribution in [0, 0.1) is 0 Å². The molecule has 0 aliphatic rings. The molecule has 0 unspecified atom stereocenters. The predicted molar refractivity (Wildman–Crippen MR) is 93.0 cm³/mol. The molecule has 2 aromatic carbocycles. The van der Waals surface area contributed by atoms with E-state index < -0.39 is 70.2 Å². The Hall–Kier alpha value is -2.44. The highest BCUT2D eigenvalue weighted by molar-refractivity contribution is 5.43. The van der Waals surface area contributed by atoms with Gasteiger partial charge in [-0.25, -0.2) is 0 Å². The largest absolute Gasteiger partial charge is 0.416 e. The third-order valence-corrected chi connectivity index (χ3v) is 4.39. The normalized spacial score (nSPS) is 13.8. The fourth-order valence-electron chi connectivity index (χ4n) is 3.01. The average Bonchev–Trinajstić information content (AvgIpc) is 2.62. The molecule has 2 aromatic rings. The van der Waals surface area contributed by atoms with E-state index in [1.54, 1.807) is 0 Å². The first-order chi connectivity index (χ1) is 14.7. The molecule has 1 N–H and O–H groups in total. The number of hydrogen-bond acceptors (Lipinski definition) is 1. The van der Waals surface area contributed by atoms with E-state index in [4.69, 9.17) is 0 Å². The number of nitrogens with one attached hydrogen (secondary N) is 1. The van der Waals surface area contributed by atoms with Crippen LogP contribution in [0.5, 0.6) is 0 Å². The van der Waals surface area contributed by atoms with Crippen LogP contribution >= 0.6 is 0 Å². The minimum Gasteiger partial charge on any atom is -0.304 e. The average molecular weight is 497 g/mol. The summed E-state index contributed by atoms with van der Waals surface area (Å²) in [6.07, 6.45) is -21.0. The van der Waals surface area contributed by atoms with E-state index in [1.165, 1.54) is 13.8 Å². The van der Waals surface area contributed by atoms with Crippen molar-refractivity contribution in [3.8, 4) is 0 Å². The van der Waals surface area contributed by atoms with Gasteiger partial charge in [0.25, 0.3) is 0 Å². The molecule has 0 bridgehead atoms. The maximum atomic E-state index is 13.2. The molecular weight excluding hydrogens is 482 g/mol. The summed E-state index contributed by atoms with van der Waals surface area (Å²) in [5.41, 5.74) is -8.65. The Morgan fingerprint density at radius 1 is 0.485 bits per heavy atom. The molecule has 0 aliphatic heterocycles. The zero-order valence-electron chi connectivity index (χ0n) is 16.7. The fraction of sp³-hybridized carbons (Fsp3) is 0.400. The molecule has 13 heteroatoms. The smallest absolute Gasteiger partial charge is 0.304 e. The molecule has 0 amide bonds. The molecule has 0 heterocycles. The van der Waals surface area contributed by atoms with Gasteiger partial charge in [0.05, 0.1) is 28.3 Å². The maximum absolute atomic E-state index is 13.2. The zero-order valence-corrected chi connectivity index (χ0v) is 16.7. The molecule has 1 nitrogen and oxygen atoms in total. The van der Waals surface area contributed by atoms with Crippen molar-refractivity contribution in [2.24, 2.45) is 0 Å². The molecule has 0 saturated heterocycles. The molecule has 0 aliphatic carbocycles. The minimum absolute atomic E-state index is 0.191. The summed E-state index contributed by atoms with van der Waals surface area (Å²) in [6.45, 7) is 2.73. The van der Waals surface area contributed by atoms with Crippen molar-refractivity contribution in [2.45, 2.75) is 50.6 Å². The van der Waals surface area contributed by atoms with Crippen molar-refractivity contribution in [2.75, 3.05) is 0 Å². The molecule has 184 valence electrons. The summed E-state index contributed by atoms with van der Waals surface area (Å²) >= 11 is 0. The van der Waals surface area contributed by atoms with Crippen molar-refractivity contribution in [1.82, 2.24) is 5.32 Å². The molecule has 0 atom stereocenters. The van der Waals surface area contributed by atoms with E-state index in [0.29, 0.717) is 0 Å². The van der Waals surface area contributed by atoms with Crippen LogP contribution in [0.15, 0.2) is 36.4 Å². The van der Waals surface area contributed by atoms with Crippen LogP contribution < -0.4 is 5.32 Å². The number of halogens is 12. The van der Waals surface area contributed by atoms with Gasteiger partial charge in [0.1, 0.15) is 0 Å². The second-order valence-corrected chi connectivity index (χ2v) is 7.43. The lowest BCUT2D eigenvalue weighted by molar-refractivity contribution is -0.144. The van der Waals surface area contributed by atoms with Crippen LogP contribution in [0.3, 0.4) is 0 Å². The lowest BCUT2D eigenvalue weighted by atomic mass is 9.91. The van der Waals surface area contributed by atoms with Gasteiger partial charge >= 0.3 is 24.7 Å². The van der Waals surface area contributed by atoms with Crippen molar-refractivity contribution in [3.05, 3.63) is 69.8 Å². The highest BCUT2D eigenvalue weighted by Crippen LogP contribution is 2.41. The molecule has 0 saturated carbocycles. The van der Waals surface area contributed by atoms with E-state index in [-0.39, 0.29) is 36.4 Å². The molecular formula is C20H15F12N. The summed E-state index contributed by atoms with van der Waals surface area (Å²) in [5.74, 6) is 0. The Morgan fingerprint density at radius 2 is 0.727 bits per heavy atom. The Balaban J connectivity index is 2.86. The van der Waals surface area contributed by atoms with Gasteiger partial charge in [-0.15, -0.1) is 0 Å². The molecule has 0 fully saturated rings. The van der Waals surface area contributed by atoms with Crippen LogP contribution in [-0.4, -0.2) is 6.04 Å². The number of alkyl halides is 12. The summed E-state index contributed by atoms with van der Waals surface area (Å²) in [6, 6.07) is -1.97. The van der Waals surface area contributed by atoms with Crippen molar-refractivity contribution >= 4 is 0 Å². The first kappa shape index (κ1) is 26.8. The maximum Gasteiger partial charge on any atom is 0.416 e. The Labute approximate surface area is 179 Å². The predicted octanol–water partition coefficient (Wildman–Crippen LogP) is 7.85. The Morgan fingerprint density at radius 3 is 0.909 bits per heavy atom. The zero-order chi connectivity index (χ0) is 25.6. The van der Waals surface area contributed by atoms with Crippen LogP contribution in [0.4, 0.5) is 52.7 Å². The Kier molecular flexibility index (Phi) is 7.09. The van der Waals surface area contributed by atoms with Crippen LogP contribution in [-0.2, 0) is 24.7 Å². The summed E-state index contributed by atoms with van der Waals surface area (Å²) < 4.78 is 159. The van der Waals surface area contributed by atoms with Gasteiger partial charge in [0, 0.05) is 6.04 Å². The highest BCUT2D eigenvalue weighted by Gasteiger charge is 2.40. The van der Waals surface area contributed by atoms with E-state index in [2.05, 4.69) is 5.32 Å². The van der Waals surface area contributed by atoms with Crippen molar-refractivity contribution in [3.63, 3.8) is 0 Å². The van der Waals surface area contributed by atoms with E-state index in [0.717, 1.165) is 0 Å². The SMILES string of the molecule is CC(C)NC(c1cc(C(F)(F)F)cc(C(F)(F)F)c1)c1cc(C(F)(F)F)cc(C(F)(F)F)c1. The molecule has 0 spiro atoms. The topological polar surface area (TPSA) is 12.0 Å². The quantitative estimate of drug-likeness (QED) is 0.425. The minimum atomic E-state index is -5.26. The first-order valence-electron chi connectivity index (χ1n) is 9.04. The fourth-order valence-corrected chi connectivity index (χ4v) is 3.01. The molecule has 0 radical (unpaired) electrons. The second kappa shape index (κ2) is 8.73. The number of rotatable bonds is 4. The van der Waals surface area contributed by atoms with Crippen LogP contribution in [0.25, 0.3) is 0 Å². The highest BCUT2D eigenvalue weighted by atomic mass is 19.4. The van der Waals surface area contributed by atoms with Crippen molar-refractivity contribution in [1.29, 1.82) is 0 Å². The van der Waals surface area contributed by atoms with Gasteiger partial charge in [-0.1, -0.05) is 0 Å². The van der Waals surface area contributed by atoms with Crippen LogP contribution in [0.2, 0.25) is 0 Å².